The maximum Gasteiger partial charge on any atom is 0.274 e. The van der Waals surface area contributed by atoms with E-state index in [-0.39, 0.29) is 48.1 Å². The Balaban J connectivity index is 2.00. The Labute approximate surface area is 199 Å². The molecule has 3 atom stereocenters. The number of anilines is 1. The van der Waals surface area contributed by atoms with E-state index in [2.05, 4.69) is 15.3 Å². The first-order valence-electron chi connectivity index (χ1n) is 11.1. The molecule has 3 rings (SSSR count). The van der Waals surface area contributed by atoms with Crippen molar-refractivity contribution in [1.29, 1.82) is 0 Å². The molecule has 34 heavy (non-hydrogen) atoms. The van der Waals surface area contributed by atoms with Gasteiger partial charge in [-0.25, -0.2) is 4.98 Å². The third-order valence-electron chi connectivity index (χ3n) is 5.81. The Morgan fingerprint density at radius 3 is 2.62 bits per heavy atom. The maximum absolute atomic E-state index is 13.3. The number of hydrogen-bond donors (Lipinski definition) is 1. The number of methoxy groups -OCH3 is 1. The van der Waals surface area contributed by atoms with Gasteiger partial charge in [-0.3, -0.25) is 19.4 Å². The second kappa shape index (κ2) is 11.1. The molecule has 0 bridgehead atoms. The number of hydrogen-bond acceptors (Lipinski definition) is 7. The first-order chi connectivity index (χ1) is 16.2. The van der Waals surface area contributed by atoms with E-state index < -0.39 is 0 Å². The van der Waals surface area contributed by atoms with Crippen molar-refractivity contribution < 1.29 is 23.9 Å². The van der Waals surface area contributed by atoms with Crippen molar-refractivity contribution in [3.8, 4) is 5.75 Å². The van der Waals surface area contributed by atoms with E-state index in [4.69, 9.17) is 9.47 Å². The second-order valence-electron chi connectivity index (χ2n) is 8.54. The summed E-state index contributed by atoms with van der Waals surface area (Å²) in [4.78, 5) is 49.5. The van der Waals surface area contributed by atoms with Crippen LogP contribution in [0, 0.1) is 5.92 Å². The summed E-state index contributed by atoms with van der Waals surface area (Å²) in [6.07, 6.45) is 4.12. The summed E-state index contributed by atoms with van der Waals surface area (Å²) < 4.78 is 11.8. The van der Waals surface area contributed by atoms with Gasteiger partial charge in [0.15, 0.2) is 0 Å². The smallest absolute Gasteiger partial charge is 0.274 e. The van der Waals surface area contributed by atoms with E-state index in [9.17, 15) is 14.4 Å². The number of benzene rings is 1. The van der Waals surface area contributed by atoms with Gasteiger partial charge < -0.3 is 24.6 Å². The lowest BCUT2D eigenvalue weighted by Gasteiger charge is -2.35. The molecule has 3 amide bonds. The monoisotopic (exact) mass is 469 g/mol. The van der Waals surface area contributed by atoms with E-state index in [0.29, 0.717) is 30.1 Å². The maximum atomic E-state index is 13.3. The van der Waals surface area contributed by atoms with Gasteiger partial charge in [-0.2, -0.15) is 0 Å². The number of rotatable bonds is 3. The highest BCUT2D eigenvalue weighted by atomic mass is 16.5. The van der Waals surface area contributed by atoms with Crippen molar-refractivity contribution in [3.63, 3.8) is 0 Å². The molecule has 182 valence electrons. The second-order valence-corrected chi connectivity index (χ2v) is 8.54. The summed E-state index contributed by atoms with van der Waals surface area (Å²) in [5.74, 6) is -0.477. The lowest BCUT2D eigenvalue weighted by Crippen LogP contribution is -2.48. The predicted molar refractivity (Wildman–Crippen MR) is 126 cm³/mol. The molecular weight excluding hydrogens is 438 g/mol. The molecule has 10 heteroatoms. The average Bonchev–Trinajstić information content (AvgIpc) is 2.82. The Hall–Kier alpha value is -3.53. The van der Waals surface area contributed by atoms with Crippen LogP contribution in [0.15, 0.2) is 36.8 Å². The van der Waals surface area contributed by atoms with Crippen LogP contribution in [0.1, 0.15) is 41.6 Å². The number of ether oxygens (including phenoxy) is 2. The van der Waals surface area contributed by atoms with Gasteiger partial charge >= 0.3 is 0 Å². The third-order valence-corrected chi connectivity index (χ3v) is 5.81. The van der Waals surface area contributed by atoms with Gasteiger partial charge in [0.1, 0.15) is 18.1 Å². The van der Waals surface area contributed by atoms with Gasteiger partial charge in [0, 0.05) is 64.2 Å². The van der Waals surface area contributed by atoms with Crippen molar-refractivity contribution in [2.45, 2.75) is 32.9 Å². The summed E-state index contributed by atoms with van der Waals surface area (Å²) >= 11 is 0. The molecule has 0 fully saturated rings. The fourth-order valence-electron chi connectivity index (χ4n) is 3.89. The van der Waals surface area contributed by atoms with Crippen LogP contribution in [0.25, 0.3) is 0 Å². The number of nitrogens with zero attached hydrogens (tertiary/aromatic N) is 4. The molecule has 1 aromatic carbocycles. The van der Waals surface area contributed by atoms with E-state index in [1.165, 1.54) is 25.5 Å². The van der Waals surface area contributed by atoms with Crippen LogP contribution in [-0.4, -0.2) is 83.5 Å². The lowest BCUT2D eigenvalue weighted by atomic mass is 10.0. The van der Waals surface area contributed by atoms with Crippen LogP contribution in [0.5, 0.6) is 5.75 Å². The normalized spacial score (nSPS) is 21.6. The Morgan fingerprint density at radius 1 is 1.21 bits per heavy atom. The number of carbonyl (C=O) groups is 3. The van der Waals surface area contributed by atoms with Crippen LogP contribution < -0.4 is 10.1 Å². The van der Waals surface area contributed by atoms with Crippen LogP contribution in [0.4, 0.5) is 5.69 Å². The first kappa shape index (κ1) is 25.1. The molecule has 1 aliphatic rings. The van der Waals surface area contributed by atoms with Crippen molar-refractivity contribution in [2.75, 3.05) is 39.2 Å². The topological polar surface area (TPSA) is 114 Å². The van der Waals surface area contributed by atoms with E-state index >= 15 is 0 Å². The largest absolute Gasteiger partial charge is 0.491 e. The fourth-order valence-corrected chi connectivity index (χ4v) is 3.89. The average molecular weight is 470 g/mol. The highest BCUT2D eigenvalue weighted by Gasteiger charge is 2.31. The highest BCUT2D eigenvalue weighted by Crippen LogP contribution is 2.27. The zero-order valence-corrected chi connectivity index (χ0v) is 20.1. The fraction of sp³-hybridized carbons (Fsp3) is 0.458. The standard InChI is InChI=1S/C24H31N5O5/c1-15-12-29(24(32)20-11-25-8-9-26-20)16(2)14-34-21-10-18(27-17(3)30)6-7-19(21)23(31)28(4)13-22(15)33-5/h6-11,15-16,22H,12-14H2,1-5H3,(H,27,30)/t15-,16-,22-/m0/s1. The molecule has 1 N–H and O–H groups in total. The van der Waals surface area contributed by atoms with E-state index in [1.807, 2.05) is 13.8 Å². The molecule has 0 saturated heterocycles. The molecule has 1 aliphatic heterocycles. The minimum Gasteiger partial charge on any atom is -0.491 e. The van der Waals surface area contributed by atoms with Gasteiger partial charge in [0.2, 0.25) is 5.91 Å². The van der Waals surface area contributed by atoms with E-state index in [1.54, 1.807) is 42.2 Å². The van der Waals surface area contributed by atoms with Gasteiger partial charge in [-0.05, 0) is 19.1 Å². The first-order valence-corrected chi connectivity index (χ1v) is 11.1. The van der Waals surface area contributed by atoms with E-state index in [0.717, 1.165) is 0 Å². The van der Waals surface area contributed by atoms with Crippen molar-refractivity contribution >= 4 is 23.4 Å². The summed E-state index contributed by atoms with van der Waals surface area (Å²) in [6, 6.07) is 4.56. The Kier molecular flexibility index (Phi) is 8.17. The summed E-state index contributed by atoms with van der Waals surface area (Å²) in [5.41, 5.74) is 1.11. The Morgan fingerprint density at radius 2 is 1.97 bits per heavy atom. The van der Waals surface area contributed by atoms with Crippen LogP contribution >= 0.6 is 0 Å². The lowest BCUT2D eigenvalue weighted by molar-refractivity contribution is -0.114. The third kappa shape index (κ3) is 5.88. The number of amides is 3. The van der Waals surface area contributed by atoms with Crippen molar-refractivity contribution in [1.82, 2.24) is 19.8 Å². The molecule has 0 aliphatic carbocycles. The summed E-state index contributed by atoms with van der Waals surface area (Å²) in [5, 5.41) is 2.71. The SMILES string of the molecule is CO[C@H]1CN(C)C(=O)c2ccc(NC(C)=O)cc2OC[C@H](C)N(C(=O)c2cnccn2)C[C@@H]1C. The summed E-state index contributed by atoms with van der Waals surface area (Å²) in [7, 11) is 3.30. The number of nitrogens with one attached hydrogen (secondary N) is 1. The zero-order chi connectivity index (χ0) is 24.8. The number of likely N-dealkylation sites (N-methyl/N-ethyl adjacent to an activating group) is 1. The van der Waals surface area contributed by atoms with Crippen molar-refractivity contribution in [3.05, 3.63) is 48.0 Å². The van der Waals surface area contributed by atoms with Crippen molar-refractivity contribution in [2.24, 2.45) is 5.92 Å². The van der Waals surface area contributed by atoms with Gasteiger partial charge in [-0.1, -0.05) is 6.92 Å². The molecule has 2 aromatic rings. The Bertz CT molecular complexity index is 1030. The quantitative estimate of drug-likeness (QED) is 0.732. The molecule has 10 nitrogen and oxygen atoms in total. The predicted octanol–water partition coefficient (Wildman–Crippen LogP) is 2.08. The molecule has 0 radical (unpaired) electrons. The molecule has 0 spiro atoms. The zero-order valence-electron chi connectivity index (χ0n) is 20.1. The van der Waals surface area contributed by atoms with Crippen LogP contribution in [0.3, 0.4) is 0 Å². The van der Waals surface area contributed by atoms with Gasteiger partial charge in [-0.15, -0.1) is 0 Å². The van der Waals surface area contributed by atoms with Gasteiger partial charge in [0.25, 0.3) is 11.8 Å². The van der Waals surface area contributed by atoms with Gasteiger partial charge in [0.05, 0.1) is 23.9 Å². The highest BCUT2D eigenvalue weighted by molar-refractivity contribution is 5.98. The molecule has 2 heterocycles. The number of aromatic nitrogens is 2. The minimum atomic E-state index is -0.348. The molecule has 0 saturated carbocycles. The number of fused-ring (bicyclic) bond motifs is 1. The van der Waals surface area contributed by atoms with Crippen LogP contribution in [-0.2, 0) is 9.53 Å². The van der Waals surface area contributed by atoms with Crippen LogP contribution in [0.2, 0.25) is 0 Å². The minimum absolute atomic E-state index is 0.0793. The number of carbonyl (C=O) groups excluding carboxylic acids is 3. The summed E-state index contributed by atoms with van der Waals surface area (Å²) in [6.45, 7) is 6.09. The molecule has 1 aromatic heterocycles. The molecule has 0 unspecified atom stereocenters. The molecular formula is C24H31N5O5.